The van der Waals surface area contributed by atoms with Gasteiger partial charge in [-0.15, -0.1) is 0 Å². The quantitative estimate of drug-likeness (QED) is 0.168. The Morgan fingerprint density at radius 1 is 0.946 bits per heavy atom. The van der Waals surface area contributed by atoms with E-state index in [0.717, 1.165) is 24.2 Å². The molecule has 208 valence electrons. The van der Waals surface area contributed by atoms with Crippen LogP contribution in [0.25, 0.3) is 0 Å². The Hall–Kier alpha value is -3.51. The number of Topliss-reactive ketones (excluding diaryl/α,β-unsaturated/α-hetero) is 1. The van der Waals surface area contributed by atoms with Gasteiger partial charge in [0.25, 0.3) is 0 Å². The lowest BCUT2D eigenvalue weighted by molar-refractivity contribution is -0.144. The van der Waals surface area contributed by atoms with Crippen LogP contribution >= 0.6 is 0 Å². The molecule has 0 aromatic heterocycles. The zero-order valence-electron chi connectivity index (χ0n) is 22.1. The lowest BCUT2D eigenvalue weighted by atomic mass is 9.83. The van der Waals surface area contributed by atoms with Gasteiger partial charge in [0.2, 0.25) is 35.9 Å². The minimum Gasteiger partial charge on any atom is -0.368 e. The molecule has 1 saturated carbocycles. The fourth-order valence-corrected chi connectivity index (χ4v) is 4.20. The van der Waals surface area contributed by atoms with Crippen LogP contribution in [-0.4, -0.2) is 84.9 Å². The van der Waals surface area contributed by atoms with E-state index in [-0.39, 0.29) is 31.3 Å². The summed E-state index contributed by atoms with van der Waals surface area (Å²) in [7, 11) is 0. The van der Waals surface area contributed by atoms with Gasteiger partial charge in [0.1, 0.15) is 24.4 Å². The molecule has 13 nitrogen and oxygen atoms in total. The highest BCUT2D eigenvalue weighted by Crippen LogP contribution is 2.27. The van der Waals surface area contributed by atoms with Gasteiger partial charge >= 0.3 is 0 Å². The third-order valence-corrected chi connectivity index (χ3v) is 5.98. The highest BCUT2D eigenvalue weighted by molar-refractivity contribution is 5.95. The summed E-state index contributed by atoms with van der Waals surface area (Å²) in [5.41, 5.74) is 4.33. The monoisotopic (exact) mass is 524 g/mol. The first kappa shape index (κ1) is 31.5. The van der Waals surface area contributed by atoms with E-state index in [0.29, 0.717) is 19.3 Å². The Morgan fingerprint density at radius 2 is 1.57 bits per heavy atom. The van der Waals surface area contributed by atoms with Gasteiger partial charge in [-0.3, -0.25) is 33.6 Å². The maximum Gasteiger partial charge on any atom is 0.246 e. The number of nitrogens with zero attached hydrogens (tertiary/aromatic N) is 1. The molecule has 0 aromatic rings. The summed E-state index contributed by atoms with van der Waals surface area (Å²) in [6.45, 7) is 4.74. The minimum atomic E-state index is -1.10. The molecule has 1 fully saturated rings. The smallest absolute Gasteiger partial charge is 0.246 e. The van der Waals surface area contributed by atoms with E-state index in [1.165, 1.54) is 6.92 Å². The van der Waals surface area contributed by atoms with Crippen LogP contribution in [0.1, 0.15) is 59.8 Å². The molecule has 0 aromatic carbocycles. The molecule has 0 saturated heterocycles. The zero-order valence-corrected chi connectivity index (χ0v) is 22.1. The van der Waals surface area contributed by atoms with Crippen LogP contribution in [0.5, 0.6) is 0 Å². The van der Waals surface area contributed by atoms with Crippen molar-refractivity contribution < 1.29 is 33.6 Å². The van der Waals surface area contributed by atoms with Gasteiger partial charge < -0.3 is 31.9 Å². The summed E-state index contributed by atoms with van der Waals surface area (Å²) in [5.74, 6) is -3.76. The number of nitrogens with one attached hydrogen (secondary N) is 4. The van der Waals surface area contributed by atoms with Crippen LogP contribution < -0.4 is 27.0 Å². The topological polar surface area (TPSA) is 197 Å². The summed E-state index contributed by atoms with van der Waals surface area (Å²) in [4.78, 5) is 86.0. The van der Waals surface area contributed by atoms with Crippen molar-refractivity contribution in [3.8, 4) is 0 Å². The van der Waals surface area contributed by atoms with Crippen LogP contribution in [0.15, 0.2) is 0 Å². The highest BCUT2D eigenvalue weighted by atomic mass is 16.2. The molecule has 0 radical (unpaired) electrons. The van der Waals surface area contributed by atoms with Crippen molar-refractivity contribution in [2.24, 2.45) is 17.1 Å². The predicted octanol–water partition coefficient (Wildman–Crippen LogP) is -1.65. The summed E-state index contributed by atoms with van der Waals surface area (Å²) >= 11 is 0. The van der Waals surface area contributed by atoms with Gasteiger partial charge in [0.15, 0.2) is 0 Å². The maximum absolute atomic E-state index is 13.4. The summed E-state index contributed by atoms with van der Waals surface area (Å²) in [6, 6.07) is -2.04. The van der Waals surface area contributed by atoms with E-state index in [9.17, 15) is 33.6 Å². The third kappa shape index (κ3) is 11.4. The second kappa shape index (κ2) is 14.9. The molecule has 6 N–H and O–H groups in total. The van der Waals surface area contributed by atoms with Crippen molar-refractivity contribution in [3.63, 3.8) is 0 Å². The van der Waals surface area contributed by atoms with Crippen molar-refractivity contribution in [1.29, 1.82) is 0 Å². The number of ketones is 1. The first-order valence-electron chi connectivity index (χ1n) is 12.4. The molecular weight excluding hydrogens is 484 g/mol. The van der Waals surface area contributed by atoms with E-state index in [4.69, 9.17) is 5.73 Å². The Bertz CT molecular complexity index is 864. The maximum atomic E-state index is 13.4. The summed E-state index contributed by atoms with van der Waals surface area (Å²) < 4.78 is 0. The average Bonchev–Trinajstić information content (AvgIpc) is 2.81. The number of rotatable bonds is 14. The van der Waals surface area contributed by atoms with Crippen LogP contribution in [0.2, 0.25) is 0 Å². The number of hydrogen-bond donors (Lipinski definition) is 5. The molecule has 2 atom stereocenters. The first-order chi connectivity index (χ1) is 17.3. The van der Waals surface area contributed by atoms with E-state index in [1.54, 1.807) is 20.8 Å². The fraction of sp³-hybridized carbons (Fsp3) is 0.708. The average molecular weight is 525 g/mol. The zero-order chi connectivity index (χ0) is 28.2. The Balaban J connectivity index is 3.08. The van der Waals surface area contributed by atoms with Gasteiger partial charge in [0.05, 0.1) is 19.6 Å². The largest absolute Gasteiger partial charge is 0.368 e. The molecule has 1 rings (SSSR count). The second-order valence-electron chi connectivity index (χ2n) is 10.4. The molecule has 13 heteroatoms. The first-order valence-corrected chi connectivity index (χ1v) is 12.4. The predicted molar refractivity (Wildman–Crippen MR) is 133 cm³/mol. The van der Waals surface area contributed by atoms with Crippen molar-refractivity contribution in [2.75, 3.05) is 26.2 Å². The number of amides is 6. The number of carbonyl (C=O) groups excluding carboxylic acids is 7. The number of primary amides is 1. The van der Waals surface area contributed by atoms with Crippen molar-refractivity contribution in [3.05, 3.63) is 0 Å². The van der Waals surface area contributed by atoms with Crippen molar-refractivity contribution in [1.82, 2.24) is 26.2 Å². The van der Waals surface area contributed by atoms with Crippen LogP contribution in [0.4, 0.5) is 0 Å². The number of carbonyl (C=O) groups is 7. The molecule has 1 aliphatic carbocycles. The molecule has 0 spiro atoms. The lowest BCUT2D eigenvalue weighted by Crippen LogP contribution is -2.59. The summed E-state index contributed by atoms with van der Waals surface area (Å²) in [6.07, 6.45) is 4.56. The molecule has 0 heterocycles. The van der Waals surface area contributed by atoms with Crippen LogP contribution in [0, 0.1) is 11.3 Å². The normalized spacial score (nSPS) is 15.5. The third-order valence-electron chi connectivity index (χ3n) is 5.98. The molecule has 1 aliphatic rings. The van der Waals surface area contributed by atoms with E-state index in [1.807, 2.05) is 0 Å². The SMILES string of the molecule is CC(=O)CN(CC(=O)NC(C(=O)NCC(N)=O)C1CCCCC1)C(=O)C(NC(=O)CNC=O)C(C)(C)C. The molecule has 0 bridgehead atoms. The van der Waals surface area contributed by atoms with E-state index in [2.05, 4.69) is 21.3 Å². The highest BCUT2D eigenvalue weighted by Gasteiger charge is 2.37. The Morgan fingerprint density at radius 3 is 2.08 bits per heavy atom. The lowest BCUT2D eigenvalue weighted by Gasteiger charge is -2.35. The van der Waals surface area contributed by atoms with Gasteiger partial charge in [0, 0.05) is 0 Å². The van der Waals surface area contributed by atoms with Crippen molar-refractivity contribution in [2.45, 2.75) is 71.9 Å². The Kier molecular flexibility index (Phi) is 12.7. The van der Waals surface area contributed by atoms with Gasteiger partial charge in [-0.1, -0.05) is 40.0 Å². The fourth-order valence-electron chi connectivity index (χ4n) is 4.20. The molecule has 37 heavy (non-hydrogen) atoms. The molecular formula is C24H40N6O7. The van der Waals surface area contributed by atoms with E-state index < -0.39 is 53.6 Å². The minimum absolute atomic E-state index is 0.158. The van der Waals surface area contributed by atoms with E-state index >= 15 is 0 Å². The number of hydrogen-bond acceptors (Lipinski definition) is 7. The van der Waals surface area contributed by atoms with Crippen molar-refractivity contribution >= 4 is 41.7 Å². The van der Waals surface area contributed by atoms with Gasteiger partial charge in [-0.25, -0.2) is 0 Å². The Labute approximate surface area is 217 Å². The molecule has 2 unspecified atom stereocenters. The van der Waals surface area contributed by atoms with Crippen LogP contribution in [0.3, 0.4) is 0 Å². The van der Waals surface area contributed by atoms with Gasteiger partial charge in [-0.05, 0) is 31.1 Å². The van der Waals surface area contributed by atoms with Crippen LogP contribution in [-0.2, 0) is 33.6 Å². The summed E-state index contributed by atoms with van der Waals surface area (Å²) in [5, 5.41) is 9.87. The second-order valence-corrected chi connectivity index (χ2v) is 10.4. The number of nitrogens with two attached hydrogens (primary N) is 1. The van der Waals surface area contributed by atoms with Gasteiger partial charge in [-0.2, -0.15) is 0 Å². The standard InChI is InChI=1S/C24H40N6O7/c1-15(32)12-30(23(37)21(24(2,3)4)29-18(34)11-26-14-31)13-19(35)28-20(16-8-6-5-7-9-16)22(36)27-10-17(25)33/h14,16,20-21H,5-13H2,1-4H3,(H2,25,33)(H,26,31)(H,27,36)(H,28,35)(H,29,34). The molecule has 6 amide bonds. The molecule has 0 aliphatic heterocycles.